The third kappa shape index (κ3) is 5.53. The smallest absolute Gasteiger partial charge is 0.135 e. The Hall–Kier alpha value is -2.01. The first-order valence-corrected chi connectivity index (χ1v) is 10.8. The van der Waals surface area contributed by atoms with Crippen LogP contribution in [-0.4, -0.2) is 36.6 Å². The second kappa shape index (κ2) is 11.2. The fraction of sp³-hybridized carbons (Fsp3) is 0.417. The Bertz CT molecular complexity index is 926. The molecule has 2 N–H and O–H groups in total. The summed E-state index contributed by atoms with van der Waals surface area (Å²) in [5.41, 5.74) is 0. The highest BCUT2D eigenvalue weighted by atomic mass is 35.5. The summed E-state index contributed by atoms with van der Waals surface area (Å²) in [4.78, 5) is 0. The lowest BCUT2D eigenvalue weighted by Crippen LogP contribution is -2.03. The molecule has 5 heteroatoms. The molecule has 4 nitrogen and oxygen atoms in total. The molecule has 0 aromatic heterocycles. The molecule has 29 heavy (non-hydrogen) atoms. The van der Waals surface area contributed by atoms with Crippen molar-refractivity contribution in [1.29, 1.82) is 0 Å². The van der Waals surface area contributed by atoms with Crippen molar-refractivity contribution in [3.05, 3.63) is 47.5 Å². The van der Waals surface area contributed by atoms with Crippen molar-refractivity contribution >= 4 is 33.1 Å². The Morgan fingerprint density at radius 2 is 1.14 bits per heavy atom. The molecule has 0 fully saturated rings. The van der Waals surface area contributed by atoms with Gasteiger partial charge in [-0.3, -0.25) is 0 Å². The van der Waals surface area contributed by atoms with Crippen LogP contribution in [0.25, 0.3) is 21.5 Å². The van der Waals surface area contributed by atoms with Gasteiger partial charge >= 0.3 is 0 Å². The average molecular weight is 417 g/mol. The molecule has 0 saturated carbocycles. The van der Waals surface area contributed by atoms with Gasteiger partial charge in [-0.25, -0.2) is 0 Å². The maximum absolute atomic E-state index is 8.96. The van der Waals surface area contributed by atoms with Gasteiger partial charge in [-0.05, 0) is 56.7 Å². The molecule has 3 rings (SSSR count). The van der Waals surface area contributed by atoms with E-state index in [1.807, 2.05) is 30.3 Å². The molecule has 0 saturated heterocycles. The highest BCUT2D eigenvalue weighted by Gasteiger charge is 2.16. The number of hydrogen-bond donors (Lipinski definition) is 2. The predicted octanol–water partition coefficient (Wildman–Crippen LogP) is 5.73. The zero-order chi connectivity index (χ0) is 20.5. The second-order valence-electron chi connectivity index (χ2n) is 7.16. The monoisotopic (exact) mass is 416 g/mol. The average Bonchev–Trinajstić information content (AvgIpc) is 2.74. The summed E-state index contributed by atoms with van der Waals surface area (Å²) in [6.45, 7) is 1.62. The Kier molecular flexibility index (Phi) is 8.41. The number of hydrogen-bond acceptors (Lipinski definition) is 4. The molecule has 3 aromatic rings. The van der Waals surface area contributed by atoms with Crippen LogP contribution in [0.5, 0.6) is 11.5 Å². The van der Waals surface area contributed by atoms with Crippen LogP contribution in [0, 0.1) is 0 Å². The van der Waals surface area contributed by atoms with Crippen molar-refractivity contribution in [2.75, 3.05) is 26.4 Å². The van der Waals surface area contributed by atoms with Crippen LogP contribution in [-0.2, 0) is 0 Å². The third-order valence-corrected chi connectivity index (χ3v) is 5.22. The van der Waals surface area contributed by atoms with Crippen LogP contribution in [0.1, 0.15) is 38.5 Å². The standard InChI is InChI=1S/C24H29ClO4/c25-18-11-12-21-22(17-18)24(29-16-8-2-6-14-27)20-10-4-3-9-19(20)23(21)28-15-7-1-5-13-26/h3-4,9-12,17,26-27H,1-2,5-8,13-16H2. The maximum atomic E-state index is 8.96. The summed E-state index contributed by atoms with van der Waals surface area (Å²) in [6, 6.07) is 13.9. The molecule has 0 bridgehead atoms. The van der Waals surface area contributed by atoms with Crippen molar-refractivity contribution in [1.82, 2.24) is 0 Å². The van der Waals surface area contributed by atoms with E-state index in [2.05, 4.69) is 12.1 Å². The van der Waals surface area contributed by atoms with E-state index in [0.29, 0.717) is 18.2 Å². The van der Waals surface area contributed by atoms with Crippen molar-refractivity contribution in [3.8, 4) is 11.5 Å². The zero-order valence-corrected chi connectivity index (χ0v) is 17.5. The number of aliphatic hydroxyl groups is 2. The summed E-state index contributed by atoms with van der Waals surface area (Å²) in [5.74, 6) is 1.68. The van der Waals surface area contributed by atoms with E-state index < -0.39 is 0 Å². The molecule has 156 valence electrons. The quantitative estimate of drug-likeness (QED) is 0.292. The summed E-state index contributed by atoms with van der Waals surface area (Å²) in [7, 11) is 0. The largest absolute Gasteiger partial charge is 0.492 e. The Balaban J connectivity index is 1.96. The molecule has 0 aliphatic heterocycles. The normalized spacial score (nSPS) is 11.3. The Morgan fingerprint density at radius 3 is 1.69 bits per heavy atom. The predicted molar refractivity (Wildman–Crippen MR) is 119 cm³/mol. The van der Waals surface area contributed by atoms with Crippen LogP contribution >= 0.6 is 11.6 Å². The number of halogens is 1. The van der Waals surface area contributed by atoms with E-state index in [4.69, 9.17) is 31.3 Å². The van der Waals surface area contributed by atoms with Gasteiger partial charge in [-0.15, -0.1) is 0 Å². The molecule has 0 radical (unpaired) electrons. The number of aliphatic hydroxyl groups excluding tert-OH is 2. The minimum atomic E-state index is 0.214. The highest BCUT2D eigenvalue weighted by molar-refractivity contribution is 6.31. The fourth-order valence-electron chi connectivity index (χ4n) is 3.51. The zero-order valence-electron chi connectivity index (χ0n) is 16.7. The molecule has 0 amide bonds. The van der Waals surface area contributed by atoms with Crippen molar-refractivity contribution < 1.29 is 19.7 Å². The van der Waals surface area contributed by atoms with Gasteiger partial charge in [0.05, 0.1) is 13.2 Å². The first-order chi connectivity index (χ1) is 14.3. The van der Waals surface area contributed by atoms with E-state index in [1.165, 1.54) is 0 Å². The molecule has 0 spiro atoms. The van der Waals surface area contributed by atoms with Gasteiger partial charge in [0, 0.05) is 39.8 Å². The van der Waals surface area contributed by atoms with Gasteiger partial charge in [-0.1, -0.05) is 35.9 Å². The van der Waals surface area contributed by atoms with Crippen molar-refractivity contribution in [2.45, 2.75) is 38.5 Å². The van der Waals surface area contributed by atoms with Gasteiger partial charge in [0.15, 0.2) is 0 Å². The summed E-state index contributed by atoms with van der Waals surface area (Å²) in [6.07, 6.45) is 5.24. The van der Waals surface area contributed by atoms with Crippen LogP contribution in [0.15, 0.2) is 42.5 Å². The van der Waals surface area contributed by atoms with Crippen molar-refractivity contribution in [2.24, 2.45) is 0 Å². The fourth-order valence-corrected chi connectivity index (χ4v) is 3.68. The van der Waals surface area contributed by atoms with Gasteiger partial charge < -0.3 is 19.7 Å². The number of rotatable bonds is 12. The van der Waals surface area contributed by atoms with Gasteiger partial charge in [0.25, 0.3) is 0 Å². The Labute approximate surface area is 177 Å². The molecule has 0 aliphatic carbocycles. The van der Waals surface area contributed by atoms with Crippen molar-refractivity contribution in [3.63, 3.8) is 0 Å². The summed E-state index contributed by atoms with van der Waals surface area (Å²) in [5, 5.41) is 22.5. The van der Waals surface area contributed by atoms with Crippen LogP contribution in [0.3, 0.4) is 0 Å². The topological polar surface area (TPSA) is 58.9 Å². The molecular weight excluding hydrogens is 388 g/mol. The molecule has 0 atom stereocenters. The minimum Gasteiger partial charge on any atom is -0.492 e. The molecule has 0 unspecified atom stereocenters. The van der Waals surface area contributed by atoms with Crippen LogP contribution in [0.2, 0.25) is 5.02 Å². The van der Waals surface area contributed by atoms with E-state index in [0.717, 1.165) is 71.6 Å². The van der Waals surface area contributed by atoms with Crippen LogP contribution < -0.4 is 9.47 Å². The lowest BCUT2D eigenvalue weighted by molar-refractivity contribution is 0.266. The lowest BCUT2D eigenvalue weighted by Gasteiger charge is -2.18. The number of fused-ring (bicyclic) bond motifs is 2. The van der Waals surface area contributed by atoms with Gasteiger partial charge in [0.2, 0.25) is 0 Å². The molecule has 3 aromatic carbocycles. The maximum Gasteiger partial charge on any atom is 0.135 e. The molecule has 0 aliphatic rings. The van der Waals surface area contributed by atoms with E-state index in [1.54, 1.807) is 0 Å². The minimum absolute atomic E-state index is 0.214. The van der Waals surface area contributed by atoms with Gasteiger partial charge in [-0.2, -0.15) is 0 Å². The van der Waals surface area contributed by atoms with E-state index in [-0.39, 0.29) is 13.2 Å². The molecule has 0 heterocycles. The summed E-state index contributed by atoms with van der Waals surface area (Å²) >= 11 is 6.31. The third-order valence-electron chi connectivity index (χ3n) is 4.98. The highest BCUT2D eigenvalue weighted by Crippen LogP contribution is 2.43. The van der Waals surface area contributed by atoms with Crippen LogP contribution in [0.4, 0.5) is 0 Å². The number of ether oxygens (including phenoxy) is 2. The first kappa shape index (κ1) is 21.7. The van der Waals surface area contributed by atoms with Gasteiger partial charge in [0.1, 0.15) is 11.5 Å². The van der Waals surface area contributed by atoms with E-state index in [9.17, 15) is 0 Å². The SMILES string of the molecule is OCCCCCOc1c2ccccc2c(OCCCCCO)c2cc(Cl)ccc12. The lowest BCUT2D eigenvalue weighted by atomic mass is 10.0. The van der Waals surface area contributed by atoms with E-state index >= 15 is 0 Å². The summed E-state index contributed by atoms with van der Waals surface area (Å²) < 4.78 is 12.4. The second-order valence-corrected chi connectivity index (χ2v) is 7.60. The number of benzene rings is 3. The number of unbranched alkanes of at least 4 members (excludes halogenated alkanes) is 4. The Morgan fingerprint density at radius 1 is 0.621 bits per heavy atom. The first-order valence-electron chi connectivity index (χ1n) is 10.4. The molecular formula is C24H29ClO4.